The van der Waals surface area contributed by atoms with Crippen LogP contribution >= 0.6 is 0 Å². The number of aryl methyl sites for hydroxylation is 1. The number of hydrogen-bond donors (Lipinski definition) is 1. The minimum absolute atomic E-state index is 0.0475. The molecule has 1 N–H and O–H groups in total. The predicted molar refractivity (Wildman–Crippen MR) is 93.9 cm³/mol. The summed E-state index contributed by atoms with van der Waals surface area (Å²) in [6.45, 7) is 9.09. The van der Waals surface area contributed by atoms with Gasteiger partial charge in [-0.25, -0.2) is 0 Å². The molecule has 0 bridgehead atoms. The molecule has 0 unspecified atom stereocenters. The molecule has 2 rings (SSSR count). The first-order valence-electron chi connectivity index (χ1n) is 8.06. The van der Waals surface area contributed by atoms with Crippen LogP contribution < -0.4 is 15.0 Å². The van der Waals surface area contributed by atoms with Gasteiger partial charge in [0.15, 0.2) is 0 Å². The number of aromatic nitrogens is 1. The highest BCUT2D eigenvalue weighted by Crippen LogP contribution is 2.34. The van der Waals surface area contributed by atoms with Crippen LogP contribution in [0.4, 0.5) is 0 Å². The molecular weight excluding hydrogens is 292 g/mol. The summed E-state index contributed by atoms with van der Waals surface area (Å²) in [6.07, 6.45) is 0.721. The van der Waals surface area contributed by atoms with E-state index in [0.29, 0.717) is 11.3 Å². The van der Waals surface area contributed by atoms with E-state index in [2.05, 4.69) is 23.7 Å². The Hall–Kier alpha value is -2.01. The number of fused-ring (bicyclic) bond motifs is 1. The summed E-state index contributed by atoms with van der Waals surface area (Å²) in [5.74, 6) is 1.40. The van der Waals surface area contributed by atoms with E-state index < -0.39 is 0 Å². The Kier molecular flexibility index (Phi) is 5.66. The van der Waals surface area contributed by atoms with Crippen LogP contribution in [0.1, 0.15) is 25.0 Å². The van der Waals surface area contributed by atoms with Crippen LogP contribution in [-0.2, 0) is 6.42 Å². The molecule has 1 aromatic heterocycles. The zero-order chi connectivity index (χ0) is 17.0. The lowest BCUT2D eigenvalue weighted by molar-refractivity contribution is 0.307. The Bertz CT molecular complexity index is 733. The molecule has 0 amide bonds. The number of rotatable bonds is 7. The van der Waals surface area contributed by atoms with Gasteiger partial charge in [-0.2, -0.15) is 0 Å². The molecule has 0 radical (unpaired) electrons. The zero-order valence-electron chi connectivity index (χ0n) is 14.7. The summed E-state index contributed by atoms with van der Waals surface area (Å²) in [7, 11) is 3.24. The lowest BCUT2D eigenvalue weighted by Gasteiger charge is -2.19. The topological polar surface area (TPSA) is 54.6 Å². The van der Waals surface area contributed by atoms with Crippen molar-refractivity contribution in [3.05, 3.63) is 33.6 Å². The van der Waals surface area contributed by atoms with Crippen molar-refractivity contribution in [1.82, 2.24) is 9.88 Å². The van der Waals surface area contributed by atoms with Gasteiger partial charge in [-0.15, -0.1) is 0 Å². The zero-order valence-corrected chi connectivity index (χ0v) is 14.7. The molecule has 2 aromatic rings. The molecule has 0 aliphatic carbocycles. The molecule has 0 aliphatic rings. The van der Waals surface area contributed by atoms with E-state index in [1.54, 1.807) is 14.2 Å². The van der Waals surface area contributed by atoms with Crippen molar-refractivity contribution in [2.45, 2.75) is 27.2 Å². The molecule has 0 atom stereocenters. The van der Waals surface area contributed by atoms with Crippen molar-refractivity contribution in [2.24, 2.45) is 0 Å². The van der Waals surface area contributed by atoms with Crippen LogP contribution in [0.5, 0.6) is 11.5 Å². The number of H-pyrrole nitrogens is 1. The van der Waals surface area contributed by atoms with E-state index in [0.717, 1.165) is 48.3 Å². The number of likely N-dealkylation sites (N-methyl/N-ethyl adjacent to an activating group) is 1. The third kappa shape index (κ3) is 3.34. The highest BCUT2D eigenvalue weighted by molar-refractivity contribution is 5.93. The van der Waals surface area contributed by atoms with Gasteiger partial charge in [-0.1, -0.05) is 13.8 Å². The number of methoxy groups -OCH3 is 2. The number of nitrogens with zero attached hydrogens (tertiary/aromatic N) is 1. The fraction of sp³-hybridized carbons (Fsp3) is 0.500. The molecular formula is C18H26N2O3. The van der Waals surface area contributed by atoms with Crippen molar-refractivity contribution in [1.29, 1.82) is 0 Å². The van der Waals surface area contributed by atoms with Gasteiger partial charge >= 0.3 is 0 Å². The molecule has 1 aromatic carbocycles. The number of aromatic amines is 1. The van der Waals surface area contributed by atoms with Crippen LogP contribution in [0.3, 0.4) is 0 Å². The second kappa shape index (κ2) is 7.51. The van der Waals surface area contributed by atoms with E-state index in [4.69, 9.17) is 9.47 Å². The van der Waals surface area contributed by atoms with Crippen LogP contribution in [0, 0.1) is 6.92 Å². The van der Waals surface area contributed by atoms with E-state index in [-0.39, 0.29) is 5.56 Å². The summed E-state index contributed by atoms with van der Waals surface area (Å²) in [4.78, 5) is 17.8. The first-order chi connectivity index (χ1) is 11.1. The van der Waals surface area contributed by atoms with Crippen molar-refractivity contribution in [3.63, 3.8) is 0 Å². The smallest absolute Gasteiger partial charge is 0.252 e. The molecule has 0 spiro atoms. The standard InChI is InChI=1S/C18H26N2O3/c1-6-20(7-2)11-10-13-12(3)16-14(22-4)8-9-15(23-5)17(16)19-18(13)21/h8-9H,6-7,10-11H2,1-5H3,(H,19,21). The number of benzene rings is 1. The maximum Gasteiger partial charge on any atom is 0.252 e. The second-order valence-electron chi connectivity index (χ2n) is 5.55. The predicted octanol–water partition coefficient (Wildman–Crippen LogP) is 2.74. The maximum absolute atomic E-state index is 12.5. The normalized spacial score (nSPS) is 11.2. The molecule has 1 heterocycles. The molecule has 0 aliphatic heterocycles. The Labute approximate surface area is 137 Å². The highest BCUT2D eigenvalue weighted by Gasteiger charge is 2.16. The van der Waals surface area contributed by atoms with Crippen molar-refractivity contribution >= 4 is 10.9 Å². The fourth-order valence-corrected chi connectivity index (χ4v) is 3.02. The van der Waals surface area contributed by atoms with Crippen molar-refractivity contribution < 1.29 is 9.47 Å². The van der Waals surface area contributed by atoms with Gasteiger partial charge < -0.3 is 19.4 Å². The van der Waals surface area contributed by atoms with Crippen molar-refractivity contribution in [3.8, 4) is 11.5 Å². The molecule has 5 heteroatoms. The second-order valence-corrected chi connectivity index (χ2v) is 5.55. The van der Waals surface area contributed by atoms with Gasteiger partial charge in [0, 0.05) is 17.5 Å². The monoisotopic (exact) mass is 318 g/mol. The van der Waals surface area contributed by atoms with Gasteiger partial charge in [-0.3, -0.25) is 4.79 Å². The summed E-state index contributed by atoms with van der Waals surface area (Å²) >= 11 is 0. The molecule has 23 heavy (non-hydrogen) atoms. The van der Waals surface area contributed by atoms with E-state index in [1.807, 2.05) is 19.1 Å². The van der Waals surface area contributed by atoms with Crippen LogP contribution in [0.2, 0.25) is 0 Å². The summed E-state index contributed by atoms with van der Waals surface area (Å²) in [6, 6.07) is 3.69. The number of hydrogen-bond acceptors (Lipinski definition) is 4. The highest BCUT2D eigenvalue weighted by atomic mass is 16.5. The van der Waals surface area contributed by atoms with Gasteiger partial charge in [-0.05, 0) is 44.1 Å². The quantitative estimate of drug-likeness (QED) is 0.853. The Morgan fingerprint density at radius 2 is 1.70 bits per heavy atom. The summed E-state index contributed by atoms with van der Waals surface area (Å²) in [5, 5.41) is 0.918. The molecule has 0 fully saturated rings. The van der Waals surface area contributed by atoms with Gasteiger partial charge in [0.2, 0.25) is 0 Å². The minimum Gasteiger partial charge on any atom is -0.496 e. The van der Waals surface area contributed by atoms with Crippen LogP contribution in [-0.4, -0.2) is 43.7 Å². The van der Waals surface area contributed by atoms with Crippen LogP contribution in [0.25, 0.3) is 10.9 Å². The minimum atomic E-state index is -0.0475. The molecule has 0 saturated heterocycles. The Morgan fingerprint density at radius 3 is 2.26 bits per heavy atom. The lowest BCUT2D eigenvalue weighted by Crippen LogP contribution is -2.28. The third-order valence-corrected chi connectivity index (χ3v) is 4.48. The number of pyridine rings is 1. The van der Waals surface area contributed by atoms with Crippen molar-refractivity contribution in [2.75, 3.05) is 33.9 Å². The summed E-state index contributed by atoms with van der Waals surface area (Å²) < 4.78 is 10.9. The maximum atomic E-state index is 12.5. The lowest BCUT2D eigenvalue weighted by atomic mass is 10.0. The largest absolute Gasteiger partial charge is 0.496 e. The van der Waals surface area contributed by atoms with E-state index >= 15 is 0 Å². The Balaban J connectivity index is 2.57. The van der Waals surface area contributed by atoms with Gasteiger partial charge in [0.05, 0.1) is 19.7 Å². The Morgan fingerprint density at radius 1 is 1.09 bits per heavy atom. The van der Waals surface area contributed by atoms with E-state index in [9.17, 15) is 4.79 Å². The first-order valence-corrected chi connectivity index (χ1v) is 8.06. The SMILES string of the molecule is CCN(CC)CCc1c(C)c2c(OC)ccc(OC)c2[nH]c1=O. The third-order valence-electron chi connectivity index (χ3n) is 4.48. The fourth-order valence-electron chi connectivity index (χ4n) is 3.02. The molecule has 0 saturated carbocycles. The van der Waals surface area contributed by atoms with Gasteiger partial charge in [0.25, 0.3) is 5.56 Å². The average Bonchev–Trinajstić information content (AvgIpc) is 2.57. The summed E-state index contributed by atoms with van der Waals surface area (Å²) in [5.41, 5.74) is 2.43. The number of ether oxygens (including phenoxy) is 2. The van der Waals surface area contributed by atoms with E-state index in [1.165, 1.54) is 0 Å². The number of nitrogens with one attached hydrogen (secondary N) is 1. The average molecular weight is 318 g/mol. The van der Waals surface area contributed by atoms with Crippen LogP contribution in [0.15, 0.2) is 16.9 Å². The van der Waals surface area contributed by atoms with Gasteiger partial charge in [0.1, 0.15) is 11.5 Å². The molecule has 5 nitrogen and oxygen atoms in total. The first kappa shape index (κ1) is 17.3. The molecule has 126 valence electrons.